The molecule has 0 saturated carbocycles. The summed E-state index contributed by atoms with van der Waals surface area (Å²) in [6, 6.07) is 8.29. The molecule has 2 aliphatic rings. The van der Waals surface area contributed by atoms with Gasteiger partial charge in [-0.25, -0.2) is 0 Å². The van der Waals surface area contributed by atoms with Gasteiger partial charge in [-0.3, -0.25) is 0 Å². The molecule has 0 aliphatic heterocycles. The van der Waals surface area contributed by atoms with E-state index in [1.165, 1.54) is 11.1 Å². The van der Waals surface area contributed by atoms with Gasteiger partial charge in [-0.05, 0) is 40.8 Å². The van der Waals surface area contributed by atoms with Crippen LogP contribution >= 0.6 is 11.6 Å². The average Bonchev–Trinajstić information content (AvgIpc) is 2.99. The van der Waals surface area contributed by atoms with Gasteiger partial charge in [0.25, 0.3) is 0 Å². The third-order valence-electron chi connectivity index (χ3n) is 4.59. The van der Waals surface area contributed by atoms with Crippen molar-refractivity contribution >= 4 is 17.2 Å². The van der Waals surface area contributed by atoms with Crippen LogP contribution in [-0.2, 0) is 11.2 Å². The summed E-state index contributed by atoms with van der Waals surface area (Å²) in [5.74, 6) is 0.856. The van der Waals surface area contributed by atoms with Gasteiger partial charge in [-0.2, -0.15) is 0 Å². The maximum Gasteiger partial charge on any atom is 0.116 e. The quantitative estimate of drug-likeness (QED) is 0.837. The summed E-state index contributed by atoms with van der Waals surface area (Å²) in [6.07, 6.45) is 10.9. The molecule has 3 heteroatoms. The van der Waals surface area contributed by atoms with Gasteiger partial charge in [0, 0.05) is 5.92 Å². The minimum atomic E-state index is -0.698. The Labute approximate surface area is 142 Å². The van der Waals surface area contributed by atoms with Crippen molar-refractivity contribution in [2.45, 2.75) is 18.2 Å². The van der Waals surface area contributed by atoms with Gasteiger partial charge >= 0.3 is 0 Å². The van der Waals surface area contributed by atoms with Gasteiger partial charge in [0.2, 0.25) is 0 Å². The Morgan fingerprint density at radius 1 is 1.43 bits per heavy atom. The van der Waals surface area contributed by atoms with Crippen LogP contribution in [0.15, 0.2) is 66.0 Å². The fourth-order valence-corrected chi connectivity index (χ4v) is 3.46. The normalized spacial score (nSPS) is 26.6. The van der Waals surface area contributed by atoms with E-state index in [4.69, 9.17) is 16.3 Å². The second-order valence-corrected chi connectivity index (χ2v) is 6.69. The van der Waals surface area contributed by atoms with Crippen molar-refractivity contribution in [3.63, 3.8) is 0 Å². The van der Waals surface area contributed by atoms with Crippen molar-refractivity contribution in [3.05, 3.63) is 77.1 Å². The lowest BCUT2D eigenvalue weighted by atomic mass is 9.85. The Hall–Kier alpha value is -1.77. The van der Waals surface area contributed by atoms with Gasteiger partial charge in [0.1, 0.15) is 5.76 Å². The highest BCUT2D eigenvalue weighted by molar-refractivity contribution is 6.27. The molecule has 23 heavy (non-hydrogen) atoms. The van der Waals surface area contributed by atoms with Crippen molar-refractivity contribution in [1.29, 1.82) is 0 Å². The van der Waals surface area contributed by atoms with Gasteiger partial charge in [-0.1, -0.05) is 49.4 Å². The lowest BCUT2D eigenvalue weighted by Gasteiger charge is -2.30. The minimum absolute atomic E-state index is 0.0404. The van der Waals surface area contributed by atoms with Crippen LogP contribution in [0.1, 0.15) is 18.1 Å². The number of halogens is 1. The Morgan fingerprint density at radius 2 is 2.22 bits per heavy atom. The molecule has 0 aromatic heterocycles. The number of alkyl halides is 1. The van der Waals surface area contributed by atoms with E-state index < -0.39 is 4.87 Å². The lowest BCUT2D eigenvalue weighted by Crippen LogP contribution is -2.28. The first-order chi connectivity index (χ1) is 11.1. The molecule has 0 spiro atoms. The summed E-state index contributed by atoms with van der Waals surface area (Å²) < 4.78 is 5.32. The van der Waals surface area contributed by atoms with Crippen molar-refractivity contribution < 1.29 is 9.84 Å². The standard InChI is InChI=1S/C20H21ClO2/c1-14-7-9-17(23-2)12-20(14,21)11-16(13-22)19-10-8-15-5-3-4-6-18(15)19/h3-7,9-12,14,22H,8,13H2,1-2H3. The number of ether oxygens (including phenoxy) is 1. The predicted octanol–water partition coefficient (Wildman–Crippen LogP) is 4.26. The number of fused-ring (bicyclic) bond motifs is 1. The molecule has 2 atom stereocenters. The number of hydrogen-bond acceptors (Lipinski definition) is 2. The van der Waals surface area contributed by atoms with Crippen LogP contribution in [0.2, 0.25) is 0 Å². The molecule has 120 valence electrons. The van der Waals surface area contributed by atoms with Gasteiger partial charge in [-0.15, -0.1) is 11.6 Å². The first-order valence-corrected chi connectivity index (χ1v) is 8.20. The van der Waals surface area contributed by atoms with Crippen LogP contribution < -0.4 is 0 Å². The molecule has 2 nitrogen and oxygen atoms in total. The zero-order valence-corrected chi connectivity index (χ0v) is 14.2. The molecule has 1 aromatic carbocycles. The molecular weight excluding hydrogens is 308 g/mol. The van der Waals surface area contributed by atoms with E-state index in [9.17, 15) is 5.11 Å². The highest BCUT2D eigenvalue weighted by Crippen LogP contribution is 2.39. The first kappa shape index (κ1) is 16.1. The van der Waals surface area contributed by atoms with Gasteiger partial charge < -0.3 is 9.84 Å². The summed E-state index contributed by atoms with van der Waals surface area (Å²) in [5.41, 5.74) is 4.41. The molecule has 0 heterocycles. The molecule has 0 saturated heterocycles. The Balaban J connectivity index is 2.00. The fourth-order valence-electron chi connectivity index (χ4n) is 3.15. The van der Waals surface area contributed by atoms with Crippen molar-refractivity contribution in [1.82, 2.24) is 0 Å². The SMILES string of the molecule is COC1=CC(Cl)(C=C(CO)C2=CCc3ccccc32)C(C)C=C1. The van der Waals surface area contributed by atoms with E-state index in [0.29, 0.717) is 0 Å². The van der Waals surface area contributed by atoms with Gasteiger partial charge in [0.05, 0.1) is 18.6 Å². The molecule has 0 radical (unpaired) electrons. The van der Waals surface area contributed by atoms with Crippen LogP contribution in [0.5, 0.6) is 0 Å². The Kier molecular flexibility index (Phi) is 4.47. The molecule has 0 amide bonds. The summed E-state index contributed by atoms with van der Waals surface area (Å²) in [7, 11) is 1.63. The summed E-state index contributed by atoms with van der Waals surface area (Å²) in [5, 5.41) is 9.93. The Morgan fingerprint density at radius 3 is 2.96 bits per heavy atom. The molecule has 1 N–H and O–H groups in total. The zero-order valence-electron chi connectivity index (χ0n) is 13.4. The Bertz CT molecular complexity index is 727. The summed E-state index contributed by atoms with van der Waals surface area (Å²) in [4.78, 5) is -0.698. The van der Waals surface area contributed by atoms with Crippen LogP contribution in [0.4, 0.5) is 0 Å². The third kappa shape index (κ3) is 3.01. The summed E-state index contributed by atoms with van der Waals surface area (Å²) >= 11 is 6.86. The van der Waals surface area contributed by atoms with E-state index in [-0.39, 0.29) is 12.5 Å². The van der Waals surface area contributed by atoms with Crippen molar-refractivity contribution in [2.24, 2.45) is 5.92 Å². The van der Waals surface area contributed by atoms with Crippen LogP contribution in [0.3, 0.4) is 0 Å². The van der Waals surface area contributed by atoms with E-state index in [1.54, 1.807) is 7.11 Å². The fraction of sp³-hybridized carbons (Fsp3) is 0.300. The molecule has 0 fully saturated rings. The number of benzene rings is 1. The lowest BCUT2D eigenvalue weighted by molar-refractivity contribution is 0.299. The highest BCUT2D eigenvalue weighted by Gasteiger charge is 2.32. The molecule has 1 aromatic rings. The number of aliphatic hydroxyl groups excluding tert-OH is 1. The molecule has 2 aliphatic carbocycles. The predicted molar refractivity (Wildman–Crippen MR) is 95.3 cm³/mol. The van der Waals surface area contributed by atoms with Crippen LogP contribution in [0.25, 0.3) is 5.57 Å². The maximum atomic E-state index is 9.93. The zero-order chi connectivity index (χ0) is 16.4. The van der Waals surface area contributed by atoms with Crippen LogP contribution in [-0.4, -0.2) is 23.7 Å². The molecule has 0 bridgehead atoms. The first-order valence-electron chi connectivity index (χ1n) is 7.83. The van der Waals surface area contributed by atoms with E-state index in [1.807, 2.05) is 36.4 Å². The topological polar surface area (TPSA) is 29.5 Å². The number of allylic oxidation sites excluding steroid dienone is 5. The number of aliphatic hydroxyl groups is 1. The van der Waals surface area contributed by atoms with Crippen molar-refractivity contribution in [3.8, 4) is 0 Å². The smallest absolute Gasteiger partial charge is 0.116 e. The second kappa shape index (κ2) is 6.38. The van der Waals surface area contributed by atoms with Crippen LogP contribution in [0, 0.1) is 5.92 Å². The molecular formula is C20H21ClO2. The number of methoxy groups -OCH3 is 1. The third-order valence-corrected chi connectivity index (χ3v) is 5.15. The average molecular weight is 329 g/mol. The highest BCUT2D eigenvalue weighted by atomic mass is 35.5. The van der Waals surface area contributed by atoms with E-state index in [0.717, 1.165) is 23.3 Å². The number of rotatable bonds is 4. The summed E-state index contributed by atoms with van der Waals surface area (Å²) in [6.45, 7) is 2.02. The van der Waals surface area contributed by atoms with E-state index >= 15 is 0 Å². The molecule has 3 rings (SSSR count). The van der Waals surface area contributed by atoms with Gasteiger partial charge in [0.15, 0.2) is 0 Å². The largest absolute Gasteiger partial charge is 0.497 e. The van der Waals surface area contributed by atoms with E-state index in [2.05, 4.69) is 25.1 Å². The second-order valence-electron chi connectivity index (χ2n) is 6.03. The number of hydrogen-bond donors (Lipinski definition) is 1. The van der Waals surface area contributed by atoms with Crippen molar-refractivity contribution in [2.75, 3.05) is 13.7 Å². The monoisotopic (exact) mass is 328 g/mol. The minimum Gasteiger partial charge on any atom is -0.497 e. The molecule has 2 unspecified atom stereocenters. The maximum absolute atomic E-state index is 9.93.